The van der Waals surface area contributed by atoms with Gasteiger partial charge in [-0.25, -0.2) is 0 Å². The first-order chi connectivity index (χ1) is 61.2. The second kappa shape index (κ2) is 35.4. The minimum absolute atomic E-state index is 0.0826. The number of nitrogens with one attached hydrogen (secondary N) is 9. The number of benzene rings is 6. The van der Waals surface area contributed by atoms with Crippen molar-refractivity contribution >= 4 is 228 Å². The third kappa shape index (κ3) is 22.2. The summed E-state index contributed by atoms with van der Waals surface area (Å²) in [6.07, 6.45) is 7.42. The molecule has 6 aromatic carbocycles. The minimum Gasteiger partial charge on any atom is -0.344 e. The average Bonchev–Trinajstić information content (AvgIpc) is 0.778. The van der Waals surface area contributed by atoms with Crippen molar-refractivity contribution < 1.29 is 160 Å². The molecule has 12 rings (SSSR count). The number of aromatic nitrogens is 6. The molecular weight excluding hydrogens is 1950 g/mol. The zero-order chi connectivity index (χ0) is 98.5. The van der Waals surface area contributed by atoms with E-state index >= 15 is 0 Å². The van der Waals surface area contributed by atoms with Crippen LogP contribution in [0.2, 0.25) is 0 Å². The maximum atomic E-state index is 14.1. The highest BCUT2D eigenvalue weighted by atomic mass is 32.3. The lowest BCUT2D eigenvalue weighted by molar-refractivity contribution is -0.122. The minimum atomic E-state index is -5.45. The lowest BCUT2D eigenvalue weighted by atomic mass is 10.1. The molecule has 0 saturated heterocycles. The lowest BCUT2D eigenvalue weighted by Crippen LogP contribution is -2.43. The maximum Gasteiger partial charge on any atom is 0.295 e. The number of hydrogen-bond acceptors (Lipinski definition) is 28. The van der Waals surface area contributed by atoms with Crippen molar-refractivity contribution in [3.8, 4) is 0 Å². The van der Waals surface area contributed by atoms with E-state index in [0.717, 1.165) is 55.0 Å². The summed E-state index contributed by atoms with van der Waals surface area (Å²) in [6, 6.07) is 13.2. The molecule has 12 aromatic rings. The van der Waals surface area contributed by atoms with E-state index < -0.39 is 257 Å². The van der Waals surface area contributed by atoms with Crippen LogP contribution in [0.3, 0.4) is 0 Å². The number of hydrogen-bond donors (Lipinski definition) is 18. The van der Waals surface area contributed by atoms with Gasteiger partial charge in [0.05, 0.1) is 68.4 Å². The Labute approximate surface area is 749 Å². The van der Waals surface area contributed by atoms with E-state index in [1.165, 1.54) is 111 Å². The van der Waals surface area contributed by atoms with Crippen molar-refractivity contribution in [2.45, 2.75) is 44.1 Å². The van der Waals surface area contributed by atoms with Crippen molar-refractivity contribution in [1.29, 1.82) is 0 Å². The quantitative estimate of drug-likeness (QED) is 0.0287. The van der Waals surface area contributed by atoms with Crippen LogP contribution in [0.5, 0.6) is 0 Å². The van der Waals surface area contributed by atoms with Crippen molar-refractivity contribution in [1.82, 2.24) is 32.3 Å². The molecule has 0 spiro atoms. The van der Waals surface area contributed by atoms with Gasteiger partial charge >= 0.3 is 0 Å². The number of anilines is 9. The van der Waals surface area contributed by atoms with E-state index in [9.17, 15) is 160 Å². The Balaban J connectivity index is 0.749. The summed E-state index contributed by atoms with van der Waals surface area (Å²) in [5.41, 5.74) is -3.62. The predicted molar refractivity (Wildman–Crippen MR) is 463 cm³/mol. The first kappa shape index (κ1) is 98.2. The van der Waals surface area contributed by atoms with E-state index in [1.807, 2.05) is 0 Å². The van der Waals surface area contributed by atoms with Crippen LogP contribution < -0.4 is 47.9 Å². The average molecular weight is 2020 g/mol. The summed E-state index contributed by atoms with van der Waals surface area (Å²) in [6.45, 7) is -2.49. The van der Waals surface area contributed by atoms with E-state index in [1.54, 1.807) is 0 Å². The van der Waals surface area contributed by atoms with Gasteiger partial charge in [-0.3, -0.25) is 89.0 Å². The molecule has 6 heterocycles. The summed E-state index contributed by atoms with van der Waals surface area (Å²) in [4.78, 5) is 116. The van der Waals surface area contributed by atoms with Gasteiger partial charge in [0.25, 0.3) is 127 Å². The molecule has 52 nitrogen and oxygen atoms in total. The smallest absolute Gasteiger partial charge is 0.295 e. The first-order valence-electron chi connectivity index (χ1n) is 36.3. The molecule has 0 saturated carbocycles. The van der Waals surface area contributed by atoms with Crippen LogP contribution in [-0.2, 0) is 148 Å². The second-order valence-electron chi connectivity index (χ2n) is 29.1. The zero-order valence-electron chi connectivity index (χ0n) is 67.8. The van der Waals surface area contributed by atoms with Gasteiger partial charge in [0.2, 0.25) is 17.7 Å². The molecule has 0 atom stereocenters. The van der Waals surface area contributed by atoms with Gasteiger partial charge in [-0.1, -0.05) is 0 Å². The van der Waals surface area contributed by atoms with E-state index in [0.29, 0.717) is 36.4 Å². The van der Waals surface area contributed by atoms with Crippen LogP contribution in [0.25, 0.3) is 32.3 Å². The molecular formula is C72H66N16O36S9. The largest absolute Gasteiger partial charge is 0.344 e. The molecule has 0 unspecified atom stereocenters. The molecule has 6 aromatic heterocycles. The fourth-order valence-electron chi connectivity index (χ4n) is 13.8. The van der Waals surface area contributed by atoms with Crippen LogP contribution in [0.1, 0.15) is 62.9 Å². The summed E-state index contributed by atoms with van der Waals surface area (Å²) in [5, 5.41) is 17.2. The molecule has 0 aliphatic rings. The summed E-state index contributed by atoms with van der Waals surface area (Å²) < 4.78 is 319. The second-order valence-corrected chi connectivity index (χ2v) is 41.7. The molecule has 704 valence electrons. The number of nitrogens with zero attached hydrogens (tertiary/aromatic N) is 7. The Morgan fingerprint density at radius 2 is 0.376 bits per heavy atom. The molecule has 133 heavy (non-hydrogen) atoms. The molecule has 0 aliphatic heterocycles. The monoisotopic (exact) mass is 2020 g/mol. The van der Waals surface area contributed by atoms with Gasteiger partial charge in [-0.05, 0) is 109 Å². The van der Waals surface area contributed by atoms with E-state index in [4.69, 9.17) is 0 Å². The van der Waals surface area contributed by atoms with Gasteiger partial charge in [-0.2, -0.15) is 75.8 Å². The fraction of sp³-hybridized carbons (Fsp3) is 0.125. The van der Waals surface area contributed by atoms with Crippen LogP contribution in [0.15, 0.2) is 190 Å². The van der Waals surface area contributed by atoms with Crippen LogP contribution in [0.4, 0.5) is 51.2 Å². The fourth-order valence-corrected chi connectivity index (χ4v) is 19.9. The topological polar surface area (TPSA) is 784 Å². The van der Waals surface area contributed by atoms with Crippen LogP contribution in [-0.4, -0.2) is 222 Å². The number of aryl methyl sites for hydroxylation is 6. The van der Waals surface area contributed by atoms with Gasteiger partial charge in [-0.15, -0.1) is 0 Å². The van der Waals surface area contributed by atoms with Gasteiger partial charge in [0.15, 0.2) is 0 Å². The third-order valence-corrected chi connectivity index (χ3v) is 27.2. The Kier molecular flexibility index (Phi) is 26.1. The lowest BCUT2D eigenvalue weighted by Gasteiger charge is -2.20. The van der Waals surface area contributed by atoms with Crippen molar-refractivity contribution in [2.75, 3.05) is 67.5 Å². The van der Waals surface area contributed by atoms with Crippen LogP contribution in [0, 0.1) is 0 Å². The molecule has 9 amide bonds. The Hall–Kier alpha value is -13.8. The normalized spacial score (nSPS) is 12.5. The van der Waals surface area contributed by atoms with Crippen LogP contribution >= 0.6 is 0 Å². The summed E-state index contributed by atoms with van der Waals surface area (Å²) in [7, 11) is -40.4. The third-order valence-electron chi connectivity index (χ3n) is 19.4. The highest BCUT2D eigenvalue weighted by Crippen LogP contribution is 2.40. The number of amides is 9. The Morgan fingerprint density at radius 3 is 0.549 bits per heavy atom. The van der Waals surface area contributed by atoms with E-state index in [-0.39, 0.29) is 86.5 Å². The van der Waals surface area contributed by atoms with Crippen molar-refractivity contribution in [2.24, 2.45) is 42.3 Å². The molecule has 18 N–H and O–H groups in total. The highest BCUT2D eigenvalue weighted by molar-refractivity contribution is 7.88. The summed E-state index contributed by atoms with van der Waals surface area (Å²) in [5.74, 6) is -8.81. The van der Waals surface area contributed by atoms with Crippen molar-refractivity contribution in [3.63, 3.8) is 0 Å². The molecule has 0 radical (unpaired) electrons. The zero-order valence-corrected chi connectivity index (χ0v) is 75.2. The number of carbonyl (C=O) groups is 9. The number of fused-ring (bicyclic) bond motifs is 3. The van der Waals surface area contributed by atoms with Gasteiger partial charge < -0.3 is 75.3 Å². The standard InChI is InChI=1S/C72H66N16O36S9/c1-82-25-37(10-52(82)70(95)79-40-13-55(85(4)28-40)67(92)76-34-7-46-49(58(16-34)128(107,108)109)19-43(125(98,99)100)22-61(46)131(116,117)118)73-64(89)31-88(32-65(90)74-38-11-53(83(2)26-38)71(96)80-41-14-56(86(5)29-41)68(93)77-35-8-47-50(59(17-35)129(110,111)112)20-44(126(101,102)103)23-62(47)132(119,120)121)33-66(91)75-39-12-54(84(3)27-39)72(97)81-42-15-57(87(6)30-42)69(94)78-36-9-48-51(60(18-36)130(113,114)115)21-45(127(104,105)106)24-63(48)133(122,123)124/h7-30H,31-33H2,1-6H3,(H,73,89)(H,74,90)(H,75,91)(H,76,92)(H,77,93)(H,78,94)(H,79,95)(H,80,96)(H,81,97)(H,98,99,100)(H,101,102,103)(H,104,105,106)(H,107,108,109)(H,110,111,112)(H,113,114,115)(H,116,117,118)(H,119,120,121)(H,122,123,124). The first-order valence-corrected chi connectivity index (χ1v) is 49.2. The van der Waals surface area contributed by atoms with Crippen molar-refractivity contribution in [3.05, 3.63) is 181 Å². The molecule has 61 heteroatoms. The van der Waals surface area contributed by atoms with E-state index in [2.05, 4.69) is 47.9 Å². The highest BCUT2D eigenvalue weighted by Gasteiger charge is 2.33. The van der Waals surface area contributed by atoms with Gasteiger partial charge in [0, 0.05) is 129 Å². The SMILES string of the molecule is Cn1cc(NC(=O)CN(CC(=O)Nc2cc(C(=O)Nc3cc(C(=O)Nc4cc(S(=O)(=O)O)c5cc(S(=O)(=O)O)cc(S(=O)(=O)O)c5c4)n(C)c3)n(C)c2)CC(=O)Nc2cc(C(=O)Nc3cc(C(=O)Nc4cc(S(=O)(=O)O)c5cc(S(=O)(=O)O)cc(S(=O)(=O)O)c5c4)n(C)c3)n(C)c2)cc1C(=O)Nc1cc(C(=O)Nc2cc(S(=O)(=O)O)c3cc(S(=O)(=O)O)cc(S(=O)(=O)O)c3c2)n(C)c1. The van der Waals surface area contributed by atoms with Gasteiger partial charge in [0.1, 0.15) is 63.5 Å². The predicted octanol–water partition coefficient (Wildman–Crippen LogP) is 3.43. The Bertz CT molecular complexity index is 7520. The number of carbonyl (C=O) groups excluding carboxylic acids is 9. The molecule has 0 bridgehead atoms. The molecule has 0 fully saturated rings. The summed E-state index contributed by atoms with van der Waals surface area (Å²) >= 11 is 0. The Morgan fingerprint density at radius 1 is 0.218 bits per heavy atom. The molecule has 0 aliphatic carbocycles. The maximum absolute atomic E-state index is 14.1. The number of rotatable bonds is 30.